The smallest absolute Gasteiger partial charge is 0.326 e. The van der Waals surface area contributed by atoms with E-state index in [0.717, 1.165) is 16.7 Å². The summed E-state index contributed by atoms with van der Waals surface area (Å²) in [6.07, 6.45) is 4.27. The minimum atomic E-state index is -1.08. The lowest BCUT2D eigenvalue weighted by molar-refractivity contribution is -0.149. The van der Waals surface area contributed by atoms with E-state index in [2.05, 4.69) is 15.1 Å². The SMILES string of the molecule is CC(=O)c1nn(CC(=O)N2[C@H](C(=O)O)C[C@@]3(CO)C[C@@H]23)c2c(C)cc(-c3cnc(C)nc3)cc12. The normalized spacial score (nSPS) is 23.2. The number of piperidine rings is 1. The third kappa shape index (κ3) is 3.37. The molecule has 1 aromatic carbocycles. The van der Waals surface area contributed by atoms with Gasteiger partial charge in [0.1, 0.15) is 24.1 Å². The van der Waals surface area contributed by atoms with E-state index in [1.807, 2.05) is 19.1 Å². The van der Waals surface area contributed by atoms with Crippen LogP contribution in [0.4, 0.5) is 0 Å². The average Bonchev–Trinajstić information content (AvgIpc) is 3.21. The number of fused-ring (bicyclic) bond motifs is 2. The van der Waals surface area contributed by atoms with Crippen molar-refractivity contribution in [3.05, 3.63) is 41.6 Å². The summed E-state index contributed by atoms with van der Waals surface area (Å²) < 4.78 is 1.49. The summed E-state index contributed by atoms with van der Waals surface area (Å²) in [6.45, 7) is 4.76. The summed E-state index contributed by atoms with van der Waals surface area (Å²) in [5, 5.41) is 24.4. The lowest BCUT2D eigenvalue weighted by Crippen LogP contribution is -2.44. The van der Waals surface area contributed by atoms with Crippen LogP contribution in [0.25, 0.3) is 22.0 Å². The van der Waals surface area contributed by atoms with E-state index >= 15 is 0 Å². The molecule has 176 valence electrons. The van der Waals surface area contributed by atoms with E-state index in [9.17, 15) is 24.6 Å². The largest absolute Gasteiger partial charge is 0.480 e. The van der Waals surface area contributed by atoms with Gasteiger partial charge in [0.05, 0.1) is 12.1 Å². The Labute approximate surface area is 195 Å². The van der Waals surface area contributed by atoms with Crippen molar-refractivity contribution in [1.82, 2.24) is 24.6 Å². The zero-order valence-electron chi connectivity index (χ0n) is 19.1. The molecule has 2 N–H and O–H groups in total. The van der Waals surface area contributed by atoms with Gasteiger partial charge in [0.25, 0.3) is 0 Å². The second-order valence-corrected chi connectivity index (χ2v) is 9.37. The Kier molecular flexibility index (Phi) is 5.01. The number of carbonyl (C=O) groups excluding carboxylic acids is 2. The molecule has 2 aromatic heterocycles. The number of Topliss-reactive ketones (excluding diaryl/α,β-unsaturated/α-hetero) is 1. The maximum absolute atomic E-state index is 13.3. The van der Waals surface area contributed by atoms with Gasteiger partial charge in [-0.25, -0.2) is 14.8 Å². The quantitative estimate of drug-likeness (QED) is 0.527. The van der Waals surface area contributed by atoms with E-state index in [1.165, 1.54) is 16.5 Å². The van der Waals surface area contributed by atoms with E-state index in [0.29, 0.717) is 23.1 Å². The molecular weight excluding hydrogens is 438 g/mol. The number of nitrogens with zero attached hydrogens (tertiary/aromatic N) is 5. The molecule has 5 rings (SSSR count). The fraction of sp³-hybridized carbons (Fsp3) is 0.417. The van der Waals surface area contributed by atoms with Crippen LogP contribution in [0.2, 0.25) is 0 Å². The lowest BCUT2D eigenvalue weighted by atomic mass is 10.0. The van der Waals surface area contributed by atoms with Crippen LogP contribution in [-0.4, -0.2) is 71.2 Å². The molecule has 1 amide bonds. The first-order valence-electron chi connectivity index (χ1n) is 11.1. The number of amides is 1. The van der Waals surface area contributed by atoms with Gasteiger partial charge in [-0.05, 0) is 49.9 Å². The number of likely N-dealkylation sites (tertiary alicyclic amines) is 1. The van der Waals surface area contributed by atoms with Crippen LogP contribution in [0.3, 0.4) is 0 Å². The van der Waals surface area contributed by atoms with Gasteiger partial charge in [0.15, 0.2) is 5.78 Å². The molecule has 1 aliphatic heterocycles. The number of carboxylic acids is 1. The number of ketones is 1. The molecule has 34 heavy (non-hydrogen) atoms. The maximum atomic E-state index is 13.3. The molecule has 0 spiro atoms. The number of aryl methyl sites for hydroxylation is 2. The van der Waals surface area contributed by atoms with E-state index in [4.69, 9.17) is 0 Å². The Hall–Kier alpha value is -3.66. The van der Waals surface area contributed by atoms with Crippen molar-refractivity contribution in [2.24, 2.45) is 5.41 Å². The third-order valence-corrected chi connectivity index (χ3v) is 7.07. The molecule has 10 nitrogen and oxygen atoms in total. The zero-order valence-corrected chi connectivity index (χ0v) is 19.1. The molecule has 2 fully saturated rings. The highest BCUT2D eigenvalue weighted by molar-refractivity contribution is 6.07. The maximum Gasteiger partial charge on any atom is 0.326 e. The number of benzene rings is 1. The number of rotatable bonds is 6. The van der Waals surface area contributed by atoms with Crippen molar-refractivity contribution in [3.8, 4) is 11.1 Å². The Morgan fingerprint density at radius 1 is 1.12 bits per heavy atom. The lowest BCUT2D eigenvalue weighted by Gasteiger charge is -2.24. The molecule has 2 aliphatic rings. The Morgan fingerprint density at radius 2 is 1.82 bits per heavy atom. The van der Waals surface area contributed by atoms with Gasteiger partial charge < -0.3 is 15.1 Å². The van der Waals surface area contributed by atoms with Gasteiger partial charge in [-0.3, -0.25) is 14.3 Å². The minimum absolute atomic E-state index is 0.144. The Bertz CT molecular complexity index is 1350. The summed E-state index contributed by atoms with van der Waals surface area (Å²) in [4.78, 5) is 47.4. The highest BCUT2D eigenvalue weighted by atomic mass is 16.4. The number of hydrogen-bond donors (Lipinski definition) is 2. The van der Waals surface area contributed by atoms with Crippen molar-refractivity contribution >= 4 is 28.6 Å². The Balaban J connectivity index is 1.54. The van der Waals surface area contributed by atoms with E-state index in [1.54, 1.807) is 19.3 Å². The van der Waals surface area contributed by atoms with Crippen molar-refractivity contribution < 1.29 is 24.6 Å². The van der Waals surface area contributed by atoms with Crippen molar-refractivity contribution in [1.29, 1.82) is 0 Å². The second-order valence-electron chi connectivity index (χ2n) is 9.37. The predicted molar refractivity (Wildman–Crippen MR) is 121 cm³/mol. The highest BCUT2D eigenvalue weighted by Crippen LogP contribution is 2.59. The summed E-state index contributed by atoms with van der Waals surface area (Å²) in [7, 11) is 0. The molecule has 0 radical (unpaired) electrons. The summed E-state index contributed by atoms with van der Waals surface area (Å²) in [6, 6.07) is 2.52. The number of carboxylic acid groups (broad SMARTS) is 1. The van der Waals surface area contributed by atoms with Gasteiger partial charge in [-0.1, -0.05) is 0 Å². The molecule has 0 unspecified atom stereocenters. The molecule has 1 saturated carbocycles. The average molecular weight is 463 g/mol. The number of hydrogen-bond acceptors (Lipinski definition) is 7. The topological polar surface area (TPSA) is 139 Å². The van der Waals surface area contributed by atoms with Gasteiger partial charge in [-0.2, -0.15) is 5.10 Å². The van der Waals surface area contributed by atoms with Gasteiger partial charge in [-0.15, -0.1) is 0 Å². The number of aliphatic hydroxyl groups is 1. The number of aliphatic carboxylic acids is 1. The number of aliphatic hydroxyl groups excluding tert-OH is 1. The van der Waals surface area contributed by atoms with Crippen molar-refractivity contribution in [2.75, 3.05) is 6.61 Å². The van der Waals surface area contributed by atoms with Crippen molar-refractivity contribution in [2.45, 2.75) is 52.2 Å². The fourth-order valence-electron chi connectivity index (χ4n) is 5.25. The summed E-state index contributed by atoms with van der Waals surface area (Å²) in [5.74, 6) is -1.05. The summed E-state index contributed by atoms with van der Waals surface area (Å²) >= 11 is 0. The van der Waals surface area contributed by atoms with Crippen LogP contribution in [0.1, 0.15) is 41.6 Å². The standard InChI is InChI=1S/C24H25N5O5/c1-12-4-15(16-8-25-14(3)26-9-16)5-17-21(13(2)31)27-28(22(12)17)10-20(32)29-18(23(33)34)6-24(11-30)7-19(24)29/h4-5,8-9,18-19,30H,6-7,10-11H2,1-3H3,(H,33,34)/t18-,19+,24-/m0/s1. The first-order valence-corrected chi connectivity index (χ1v) is 11.1. The fourth-order valence-corrected chi connectivity index (χ4v) is 5.25. The van der Waals surface area contributed by atoms with E-state index < -0.39 is 17.4 Å². The van der Waals surface area contributed by atoms with Crippen molar-refractivity contribution in [3.63, 3.8) is 0 Å². The third-order valence-electron chi connectivity index (χ3n) is 7.07. The van der Waals surface area contributed by atoms with Crippen LogP contribution < -0.4 is 0 Å². The van der Waals surface area contributed by atoms with Crippen LogP contribution in [0.15, 0.2) is 24.5 Å². The first kappa shape index (κ1) is 22.1. The first-order chi connectivity index (χ1) is 16.1. The highest BCUT2D eigenvalue weighted by Gasteiger charge is 2.67. The van der Waals surface area contributed by atoms with Gasteiger partial charge in [0.2, 0.25) is 5.91 Å². The molecule has 10 heteroatoms. The molecular formula is C24H25N5O5. The van der Waals surface area contributed by atoms with Crippen LogP contribution in [0, 0.1) is 19.3 Å². The monoisotopic (exact) mass is 463 g/mol. The minimum Gasteiger partial charge on any atom is -0.480 e. The Morgan fingerprint density at radius 3 is 2.44 bits per heavy atom. The van der Waals surface area contributed by atoms with Crippen LogP contribution in [0.5, 0.6) is 0 Å². The number of carbonyl (C=O) groups is 3. The van der Waals surface area contributed by atoms with Crippen LogP contribution in [-0.2, 0) is 16.1 Å². The predicted octanol–water partition coefficient (Wildman–Crippen LogP) is 1.75. The van der Waals surface area contributed by atoms with Gasteiger partial charge in [0, 0.05) is 41.7 Å². The molecule has 0 bridgehead atoms. The molecule has 1 aliphatic carbocycles. The van der Waals surface area contributed by atoms with Gasteiger partial charge >= 0.3 is 5.97 Å². The van der Waals surface area contributed by atoms with E-state index in [-0.39, 0.29) is 43.0 Å². The second kappa shape index (κ2) is 7.69. The molecule has 3 heterocycles. The molecule has 1 saturated heterocycles. The zero-order chi connectivity index (χ0) is 24.4. The number of aromatic nitrogens is 4. The molecule has 3 atom stereocenters. The molecule has 3 aromatic rings. The van der Waals surface area contributed by atoms with Crippen LogP contribution >= 0.6 is 0 Å². The summed E-state index contributed by atoms with van der Waals surface area (Å²) in [5.41, 5.74) is 2.81.